The average molecular weight is 693 g/mol. The molecule has 1 fully saturated rings. The van der Waals surface area contributed by atoms with E-state index in [-0.39, 0.29) is 29.8 Å². The maximum atomic E-state index is 14.7. The van der Waals surface area contributed by atoms with Gasteiger partial charge in [0.1, 0.15) is 12.6 Å². The average Bonchev–Trinajstić information content (AvgIpc) is 3.57. The molecule has 0 aliphatic heterocycles. The Bertz CT molecular complexity index is 1810. The summed E-state index contributed by atoms with van der Waals surface area (Å²) < 4.78 is 29.6. The summed E-state index contributed by atoms with van der Waals surface area (Å²) in [6.07, 6.45) is 4.05. The Balaban J connectivity index is 1.59. The number of carbonyl (C=O) groups is 2. The summed E-state index contributed by atoms with van der Waals surface area (Å²) in [6.45, 7) is 3.23. The van der Waals surface area contributed by atoms with Crippen LogP contribution in [-0.2, 0) is 32.6 Å². The lowest BCUT2D eigenvalue weighted by Gasteiger charge is -2.34. The van der Waals surface area contributed by atoms with Crippen LogP contribution in [0.4, 0.5) is 5.69 Å². The van der Waals surface area contributed by atoms with Crippen LogP contribution in [0.1, 0.15) is 47.9 Å². The Kier molecular flexibility index (Phi) is 11.3. The summed E-state index contributed by atoms with van der Waals surface area (Å²) in [5, 5.41) is 3.86. The molecule has 1 aliphatic rings. The van der Waals surface area contributed by atoms with Gasteiger partial charge in [0.15, 0.2) is 0 Å². The zero-order chi connectivity index (χ0) is 33.6. The first-order valence-corrected chi connectivity index (χ1v) is 18.0. The maximum absolute atomic E-state index is 14.7. The topological polar surface area (TPSA) is 86.8 Å². The normalized spacial score (nSPS) is 14.0. The molecule has 246 valence electrons. The number of nitrogens with zero attached hydrogens (tertiary/aromatic N) is 2. The number of anilines is 1. The number of halogens is 2. The molecule has 0 unspecified atom stereocenters. The number of benzene rings is 4. The van der Waals surface area contributed by atoms with Crippen LogP contribution in [-0.4, -0.2) is 43.8 Å². The van der Waals surface area contributed by atoms with Gasteiger partial charge in [-0.1, -0.05) is 108 Å². The quantitative estimate of drug-likeness (QED) is 0.167. The molecule has 0 aromatic heterocycles. The number of carbonyl (C=O) groups excluding carboxylic acids is 2. The van der Waals surface area contributed by atoms with Gasteiger partial charge < -0.3 is 10.2 Å². The van der Waals surface area contributed by atoms with E-state index in [1.54, 1.807) is 42.5 Å². The van der Waals surface area contributed by atoms with Crippen molar-refractivity contribution >= 4 is 50.7 Å². The minimum Gasteiger partial charge on any atom is -0.352 e. The predicted octanol–water partition coefficient (Wildman–Crippen LogP) is 7.50. The number of aryl methyl sites for hydroxylation is 2. The minimum atomic E-state index is -4.18. The van der Waals surface area contributed by atoms with Crippen molar-refractivity contribution in [2.24, 2.45) is 0 Å². The first kappa shape index (κ1) is 34.5. The van der Waals surface area contributed by atoms with Crippen LogP contribution in [0.25, 0.3) is 0 Å². The molecule has 5 rings (SSSR count). The molecule has 4 aromatic rings. The Labute approximate surface area is 287 Å². The number of hydrogen-bond donors (Lipinski definition) is 1. The Hall–Kier alpha value is -3.85. The number of hydrogen-bond acceptors (Lipinski definition) is 4. The fraction of sp³-hybridized carbons (Fsp3) is 0.297. The Morgan fingerprint density at radius 3 is 2.13 bits per heavy atom. The molecule has 47 heavy (non-hydrogen) atoms. The molecule has 2 amide bonds. The molecular weight excluding hydrogens is 653 g/mol. The van der Waals surface area contributed by atoms with E-state index in [1.165, 1.54) is 17.0 Å². The molecule has 7 nitrogen and oxygen atoms in total. The van der Waals surface area contributed by atoms with E-state index in [4.69, 9.17) is 23.2 Å². The standard InChI is InChI=1S/C37H39Cl2N3O4S/c1-26-17-20-34(27(2)21-26)42(47(45,46)31-15-7-4-8-16-31)25-36(43)41(24-29-18-19-32(38)33(39)22-29)35(23-28-11-5-3-6-12-28)37(44)40-30-13-9-10-14-30/h3-8,11-12,15-22,30,35H,9-10,13-14,23-25H2,1-2H3,(H,40,44)/t35-/m0/s1. The summed E-state index contributed by atoms with van der Waals surface area (Å²) in [6, 6.07) is 27.1. The van der Waals surface area contributed by atoms with E-state index >= 15 is 0 Å². The first-order chi connectivity index (χ1) is 22.5. The summed E-state index contributed by atoms with van der Waals surface area (Å²) >= 11 is 12.6. The van der Waals surface area contributed by atoms with Crippen LogP contribution < -0.4 is 9.62 Å². The van der Waals surface area contributed by atoms with Crippen molar-refractivity contribution in [3.8, 4) is 0 Å². The van der Waals surface area contributed by atoms with Crippen LogP contribution in [0.2, 0.25) is 10.0 Å². The summed E-state index contributed by atoms with van der Waals surface area (Å²) in [5.74, 6) is -0.809. The SMILES string of the molecule is Cc1ccc(N(CC(=O)N(Cc2ccc(Cl)c(Cl)c2)[C@@H](Cc2ccccc2)C(=O)NC2CCCC2)S(=O)(=O)c2ccccc2)c(C)c1. The van der Waals surface area contributed by atoms with Gasteiger partial charge in [-0.25, -0.2) is 8.42 Å². The molecule has 0 heterocycles. The Morgan fingerprint density at radius 1 is 0.830 bits per heavy atom. The predicted molar refractivity (Wildman–Crippen MR) is 188 cm³/mol. The highest BCUT2D eigenvalue weighted by Gasteiger charge is 2.36. The van der Waals surface area contributed by atoms with Gasteiger partial charge in [-0.3, -0.25) is 13.9 Å². The third-order valence-corrected chi connectivity index (χ3v) is 11.1. The molecule has 1 N–H and O–H groups in total. The fourth-order valence-electron chi connectivity index (χ4n) is 6.07. The van der Waals surface area contributed by atoms with Crippen molar-refractivity contribution in [1.82, 2.24) is 10.2 Å². The third kappa shape index (κ3) is 8.55. The fourth-order valence-corrected chi connectivity index (χ4v) is 7.89. The monoisotopic (exact) mass is 691 g/mol. The third-order valence-electron chi connectivity index (χ3n) is 8.54. The van der Waals surface area contributed by atoms with Gasteiger partial charge >= 0.3 is 0 Å². The summed E-state index contributed by atoms with van der Waals surface area (Å²) in [7, 11) is -4.18. The van der Waals surface area contributed by atoms with Crippen molar-refractivity contribution in [2.45, 2.75) is 69.5 Å². The van der Waals surface area contributed by atoms with Crippen LogP contribution >= 0.6 is 23.2 Å². The van der Waals surface area contributed by atoms with Gasteiger partial charge in [0.25, 0.3) is 10.0 Å². The zero-order valence-electron chi connectivity index (χ0n) is 26.5. The van der Waals surface area contributed by atoms with Gasteiger partial charge in [-0.2, -0.15) is 0 Å². The number of nitrogens with one attached hydrogen (secondary N) is 1. The largest absolute Gasteiger partial charge is 0.352 e. The highest BCUT2D eigenvalue weighted by Crippen LogP contribution is 2.29. The van der Waals surface area contributed by atoms with Gasteiger partial charge in [-0.15, -0.1) is 0 Å². The second kappa shape index (κ2) is 15.4. The number of rotatable bonds is 12. The molecule has 1 saturated carbocycles. The van der Waals surface area contributed by atoms with E-state index in [9.17, 15) is 18.0 Å². The van der Waals surface area contributed by atoms with E-state index in [2.05, 4.69) is 5.32 Å². The molecule has 0 bridgehead atoms. The Morgan fingerprint density at radius 2 is 1.49 bits per heavy atom. The molecule has 10 heteroatoms. The van der Waals surface area contributed by atoms with Crippen molar-refractivity contribution < 1.29 is 18.0 Å². The van der Waals surface area contributed by atoms with E-state index in [1.807, 2.05) is 56.3 Å². The van der Waals surface area contributed by atoms with Crippen molar-refractivity contribution in [2.75, 3.05) is 10.8 Å². The van der Waals surface area contributed by atoms with E-state index < -0.39 is 28.5 Å². The number of sulfonamides is 1. The van der Waals surface area contributed by atoms with Crippen molar-refractivity contribution in [1.29, 1.82) is 0 Å². The van der Waals surface area contributed by atoms with Crippen LogP contribution in [0.5, 0.6) is 0 Å². The second-order valence-corrected chi connectivity index (χ2v) is 14.8. The highest BCUT2D eigenvalue weighted by atomic mass is 35.5. The first-order valence-electron chi connectivity index (χ1n) is 15.8. The number of amides is 2. The van der Waals surface area contributed by atoms with E-state index in [0.29, 0.717) is 26.9 Å². The lowest BCUT2D eigenvalue weighted by Crippen LogP contribution is -2.54. The summed E-state index contributed by atoms with van der Waals surface area (Å²) in [4.78, 5) is 30.4. The smallest absolute Gasteiger partial charge is 0.264 e. The lowest BCUT2D eigenvalue weighted by atomic mass is 10.0. The minimum absolute atomic E-state index is 0.0113. The highest BCUT2D eigenvalue weighted by molar-refractivity contribution is 7.92. The molecule has 0 radical (unpaired) electrons. The van der Waals surface area contributed by atoms with Crippen LogP contribution in [0, 0.1) is 13.8 Å². The zero-order valence-corrected chi connectivity index (χ0v) is 28.9. The van der Waals surface area contributed by atoms with Crippen LogP contribution in [0.15, 0.2) is 102 Å². The molecular formula is C37H39Cl2N3O4S. The molecule has 1 atom stereocenters. The van der Waals surface area contributed by atoms with Gasteiger partial charge in [0.2, 0.25) is 11.8 Å². The molecule has 4 aromatic carbocycles. The second-order valence-electron chi connectivity index (χ2n) is 12.1. The van der Waals surface area contributed by atoms with Crippen LogP contribution in [0.3, 0.4) is 0 Å². The molecule has 0 saturated heterocycles. The van der Waals surface area contributed by atoms with Crippen molar-refractivity contribution in [3.05, 3.63) is 129 Å². The van der Waals surface area contributed by atoms with Gasteiger partial charge in [0.05, 0.1) is 20.6 Å². The van der Waals surface area contributed by atoms with Gasteiger partial charge in [-0.05, 0) is 73.7 Å². The summed E-state index contributed by atoms with van der Waals surface area (Å²) in [5.41, 5.74) is 3.57. The lowest BCUT2D eigenvalue weighted by molar-refractivity contribution is -0.140. The molecule has 0 spiro atoms. The maximum Gasteiger partial charge on any atom is 0.264 e. The molecule has 1 aliphatic carbocycles. The van der Waals surface area contributed by atoms with Gasteiger partial charge in [0, 0.05) is 19.0 Å². The van der Waals surface area contributed by atoms with Crippen molar-refractivity contribution in [3.63, 3.8) is 0 Å². The van der Waals surface area contributed by atoms with E-state index in [0.717, 1.165) is 41.1 Å².